The van der Waals surface area contributed by atoms with Crippen molar-refractivity contribution in [3.63, 3.8) is 0 Å². The van der Waals surface area contributed by atoms with E-state index >= 15 is 0 Å². The largest absolute Gasteiger partial charge is 0.463 e. The minimum Gasteiger partial charge on any atom is -0.463 e. The van der Waals surface area contributed by atoms with Crippen LogP contribution in [0.1, 0.15) is 71.1 Å². The maximum Gasteiger partial charge on any atom is 0.305 e. The first kappa shape index (κ1) is 25.3. The van der Waals surface area contributed by atoms with Crippen molar-refractivity contribution in [1.29, 1.82) is 0 Å². The summed E-state index contributed by atoms with van der Waals surface area (Å²) in [4.78, 5) is 11.6. The van der Waals surface area contributed by atoms with E-state index in [-0.39, 0.29) is 43.0 Å². The molecule has 1 aliphatic heterocycles. The number of aliphatic hydroxyl groups is 4. The summed E-state index contributed by atoms with van der Waals surface area (Å²) in [5, 5.41) is 38.4. The molecule has 2 aliphatic rings. The van der Waals surface area contributed by atoms with Crippen LogP contribution in [0, 0.1) is 11.8 Å². The van der Waals surface area contributed by atoms with Crippen LogP contribution >= 0.6 is 0 Å². The van der Waals surface area contributed by atoms with E-state index in [0.29, 0.717) is 12.8 Å². The Kier molecular flexibility index (Phi) is 11.3. The minimum absolute atomic E-state index is 0.0359. The molecule has 1 heterocycles. The summed E-state index contributed by atoms with van der Waals surface area (Å²) >= 11 is 0. The fourth-order valence-corrected chi connectivity index (χ4v) is 4.54. The molecule has 0 aromatic heterocycles. The van der Waals surface area contributed by atoms with Gasteiger partial charge in [0.2, 0.25) is 0 Å². The molecular formula is C23H40O7. The zero-order valence-corrected chi connectivity index (χ0v) is 18.2. The van der Waals surface area contributed by atoms with E-state index in [0.717, 1.165) is 44.9 Å². The molecule has 0 radical (unpaired) electrons. The molecule has 30 heavy (non-hydrogen) atoms. The van der Waals surface area contributed by atoms with Crippen molar-refractivity contribution in [2.75, 3.05) is 13.2 Å². The first-order valence-corrected chi connectivity index (χ1v) is 11.6. The Morgan fingerprint density at radius 1 is 1.20 bits per heavy atom. The van der Waals surface area contributed by atoms with Gasteiger partial charge in [-0.2, -0.15) is 0 Å². The first-order valence-electron chi connectivity index (χ1n) is 11.6. The van der Waals surface area contributed by atoms with Crippen molar-refractivity contribution in [2.24, 2.45) is 11.8 Å². The van der Waals surface area contributed by atoms with Gasteiger partial charge in [0.1, 0.15) is 12.7 Å². The van der Waals surface area contributed by atoms with Crippen molar-refractivity contribution < 1.29 is 34.7 Å². The fourth-order valence-electron chi connectivity index (χ4n) is 4.54. The average molecular weight is 429 g/mol. The summed E-state index contributed by atoms with van der Waals surface area (Å²) in [7, 11) is 0. The van der Waals surface area contributed by atoms with Crippen LogP contribution in [0.25, 0.3) is 0 Å². The summed E-state index contributed by atoms with van der Waals surface area (Å²) < 4.78 is 11.0. The lowest BCUT2D eigenvalue weighted by molar-refractivity contribution is -0.147. The van der Waals surface area contributed by atoms with Crippen LogP contribution in [0.3, 0.4) is 0 Å². The van der Waals surface area contributed by atoms with E-state index in [1.54, 1.807) is 0 Å². The number of unbranched alkanes of at least 4 members (excludes halogenated alkanes) is 3. The number of aliphatic hydroxyl groups excluding tert-OH is 4. The molecule has 7 atom stereocenters. The molecule has 174 valence electrons. The standard InChI is InChI=1S/C23H40O7/c1-2-3-4-7-16(25)10-11-19-20-12-18(30-22(20)13-21(19)27)8-5-6-9-23(28)29-15-17(26)14-24/h10-11,16-22,24-27H,2-9,12-15H2,1H3/b11-10+/t16-,17?,18-,19+,20+,21+,22-/m0/s1. The molecule has 7 heteroatoms. The molecule has 2 rings (SSSR count). The zero-order chi connectivity index (χ0) is 21.9. The third kappa shape index (κ3) is 8.27. The van der Waals surface area contributed by atoms with Crippen molar-refractivity contribution >= 4 is 5.97 Å². The second-order valence-electron chi connectivity index (χ2n) is 8.79. The van der Waals surface area contributed by atoms with Gasteiger partial charge in [-0.15, -0.1) is 0 Å². The second-order valence-corrected chi connectivity index (χ2v) is 8.79. The molecule has 0 aromatic rings. The van der Waals surface area contributed by atoms with Crippen molar-refractivity contribution in [2.45, 2.75) is 102 Å². The molecule has 1 aliphatic carbocycles. The van der Waals surface area contributed by atoms with Gasteiger partial charge in [0, 0.05) is 18.8 Å². The highest BCUT2D eigenvalue weighted by Gasteiger charge is 2.47. The zero-order valence-electron chi connectivity index (χ0n) is 18.2. The maximum atomic E-state index is 11.6. The van der Waals surface area contributed by atoms with Gasteiger partial charge in [0.15, 0.2) is 0 Å². The van der Waals surface area contributed by atoms with E-state index in [1.165, 1.54) is 0 Å². The lowest BCUT2D eigenvalue weighted by Crippen LogP contribution is -2.21. The molecule has 1 saturated carbocycles. The van der Waals surface area contributed by atoms with Gasteiger partial charge in [0.05, 0.1) is 31.0 Å². The predicted octanol–water partition coefficient (Wildman–Crippen LogP) is 2.10. The van der Waals surface area contributed by atoms with Gasteiger partial charge in [-0.25, -0.2) is 0 Å². The monoisotopic (exact) mass is 428 g/mol. The molecule has 0 amide bonds. The van der Waals surface area contributed by atoms with Crippen LogP contribution in [0.2, 0.25) is 0 Å². The Labute approximate surface area is 180 Å². The number of fused-ring (bicyclic) bond motifs is 1. The van der Waals surface area contributed by atoms with E-state index in [2.05, 4.69) is 6.92 Å². The Bertz CT molecular complexity index is 524. The van der Waals surface area contributed by atoms with Crippen molar-refractivity contribution in [3.8, 4) is 0 Å². The number of hydrogen-bond acceptors (Lipinski definition) is 7. The highest BCUT2D eigenvalue weighted by atomic mass is 16.5. The van der Waals surface area contributed by atoms with Crippen LogP contribution in [0.4, 0.5) is 0 Å². The van der Waals surface area contributed by atoms with Gasteiger partial charge in [-0.05, 0) is 31.6 Å². The summed E-state index contributed by atoms with van der Waals surface area (Å²) in [6, 6.07) is 0. The molecule has 2 fully saturated rings. The van der Waals surface area contributed by atoms with Crippen molar-refractivity contribution in [3.05, 3.63) is 12.2 Å². The number of hydrogen-bond donors (Lipinski definition) is 4. The summed E-state index contributed by atoms with van der Waals surface area (Å²) in [6.07, 6.45) is 10.5. The number of carbonyl (C=O) groups is 1. The summed E-state index contributed by atoms with van der Waals surface area (Å²) in [5.41, 5.74) is 0. The van der Waals surface area contributed by atoms with Crippen LogP contribution < -0.4 is 0 Å². The van der Waals surface area contributed by atoms with E-state index in [9.17, 15) is 20.1 Å². The van der Waals surface area contributed by atoms with E-state index in [4.69, 9.17) is 14.6 Å². The first-order chi connectivity index (χ1) is 14.4. The summed E-state index contributed by atoms with van der Waals surface area (Å²) in [6.45, 7) is 1.55. The van der Waals surface area contributed by atoms with Crippen molar-refractivity contribution in [1.82, 2.24) is 0 Å². The van der Waals surface area contributed by atoms with Gasteiger partial charge < -0.3 is 29.9 Å². The van der Waals surface area contributed by atoms with E-state index < -0.39 is 24.9 Å². The lowest BCUT2D eigenvalue weighted by atomic mass is 9.89. The lowest BCUT2D eigenvalue weighted by Gasteiger charge is -2.18. The van der Waals surface area contributed by atoms with Crippen LogP contribution in [-0.2, 0) is 14.3 Å². The molecule has 7 nitrogen and oxygen atoms in total. The predicted molar refractivity (Wildman–Crippen MR) is 113 cm³/mol. The number of esters is 1. The summed E-state index contributed by atoms with van der Waals surface area (Å²) in [5.74, 6) is -0.0414. The Balaban J connectivity index is 1.66. The Hall–Kier alpha value is -0.990. The van der Waals surface area contributed by atoms with E-state index in [1.807, 2.05) is 12.2 Å². The molecule has 0 bridgehead atoms. The topological polar surface area (TPSA) is 116 Å². The average Bonchev–Trinajstić information content (AvgIpc) is 3.24. The van der Waals surface area contributed by atoms with Crippen LogP contribution in [-0.4, -0.2) is 70.1 Å². The highest BCUT2D eigenvalue weighted by molar-refractivity contribution is 5.69. The second kappa shape index (κ2) is 13.4. The Morgan fingerprint density at radius 2 is 2.00 bits per heavy atom. The molecule has 0 spiro atoms. The molecule has 1 unspecified atom stereocenters. The normalized spacial score (nSPS) is 30.5. The fraction of sp³-hybridized carbons (Fsp3) is 0.870. The maximum absolute atomic E-state index is 11.6. The SMILES string of the molecule is CCCCC[C@H](O)/C=C/[C@@H]1[C@H]2C[C@H](CCCCC(=O)OCC(O)CO)O[C@H]2C[C@H]1O. The smallest absolute Gasteiger partial charge is 0.305 e. The van der Waals surface area contributed by atoms with Gasteiger partial charge in [0.25, 0.3) is 0 Å². The minimum atomic E-state index is -1.02. The quantitative estimate of drug-likeness (QED) is 0.190. The molecule has 0 aromatic carbocycles. The van der Waals surface area contributed by atoms with Gasteiger partial charge in [-0.1, -0.05) is 44.8 Å². The molecule has 4 N–H and O–H groups in total. The third-order valence-electron chi connectivity index (χ3n) is 6.26. The third-order valence-corrected chi connectivity index (χ3v) is 6.26. The molecule has 1 saturated heterocycles. The van der Waals surface area contributed by atoms with Gasteiger partial charge in [-0.3, -0.25) is 4.79 Å². The highest BCUT2D eigenvalue weighted by Crippen LogP contribution is 2.45. The van der Waals surface area contributed by atoms with Crippen LogP contribution in [0.15, 0.2) is 12.2 Å². The number of ether oxygens (including phenoxy) is 2. The Morgan fingerprint density at radius 3 is 2.73 bits per heavy atom. The van der Waals surface area contributed by atoms with Gasteiger partial charge >= 0.3 is 5.97 Å². The molecular weight excluding hydrogens is 388 g/mol. The number of rotatable bonds is 14. The van der Waals surface area contributed by atoms with Crippen LogP contribution in [0.5, 0.6) is 0 Å². The number of carbonyl (C=O) groups excluding carboxylic acids is 1.